The van der Waals surface area contributed by atoms with E-state index in [1.807, 2.05) is 57.5 Å². The minimum atomic E-state index is -0.838. The second-order valence-electron chi connectivity index (χ2n) is 14.3. The molecule has 0 bridgehead atoms. The van der Waals surface area contributed by atoms with Crippen LogP contribution in [0.4, 0.5) is 0 Å². The zero-order valence-corrected chi connectivity index (χ0v) is 32.1. The van der Waals surface area contributed by atoms with Crippen molar-refractivity contribution < 1.29 is 29.0 Å². The molecule has 3 atom stereocenters. The lowest BCUT2D eigenvalue weighted by Gasteiger charge is -2.35. The Kier molecular flexibility index (Phi) is 18.7. The van der Waals surface area contributed by atoms with Gasteiger partial charge >= 0.3 is 0 Å². The summed E-state index contributed by atoms with van der Waals surface area (Å²) in [6.07, 6.45) is 8.61. The lowest BCUT2D eigenvalue weighted by molar-refractivity contribution is -0.144. The first kappa shape index (κ1) is 41.8. The van der Waals surface area contributed by atoms with Crippen LogP contribution in [0.1, 0.15) is 103 Å². The number of hydrogen-bond donors (Lipinski definition) is 3. The fourth-order valence-corrected chi connectivity index (χ4v) is 6.95. The number of aryl methyl sites for hydroxylation is 1. The number of ether oxygens (including phenoxy) is 2. The topological polar surface area (TPSA) is 130 Å². The first-order valence-electron chi connectivity index (χ1n) is 18.3. The highest BCUT2D eigenvalue weighted by Crippen LogP contribution is 2.28. The van der Waals surface area contributed by atoms with Gasteiger partial charge in [0.1, 0.15) is 12.1 Å². The Bertz CT molecular complexity index is 1300. The molecule has 10 nitrogen and oxygen atoms in total. The van der Waals surface area contributed by atoms with E-state index in [0.29, 0.717) is 26.2 Å². The number of β-amino-alcohol motifs (C(OH)–C–C–N with tert-alkyl or cyclic N) is 1. The lowest BCUT2D eigenvalue weighted by Crippen LogP contribution is -2.57. The number of alkyl halides is 1. The molecular weight excluding hydrogens is 676 g/mol. The third-order valence-electron chi connectivity index (χ3n) is 8.90. The largest absolute Gasteiger partial charge is 0.391 e. The molecule has 12 heteroatoms. The minimum absolute atomic E-state index is 0.0437. The fourth-order valence-electron chi connectivity index (χ4n) is 5.94. The van der Waals surface area contributed by atoms with Crippen LogP contribution < -0.4 is 10.6 Å². The third kappa shape index (κ3) is 14.6. The normalized spacial score (nSPS) is 16.8. The van der Waals surface area contributed by atoms with E-state index in [-0.39, 0.29) is 37.1 Å². The number of aliphatic hydroxyl groups is 1. The lowest BCUT2D eigenvalue weighted by atomic mass is 9.85. The molecule has 50 heavy (non-hydrogen) atoms. The molecule has 280 valence electrons. The van der Waals surface area contributed by atoms with Gasteiger partial charge in [-0.25, -0.2) is 4.98 Å². The molecule has 3 rings (SSSR count). The maximum absolute atomic E-state index is 13.8. The maximum atomic E-state index is 13.8. The number of rotatable bonds is 23. The van der Waals surface area contributed by atoms with E-state index in [1.54, 1.807) is 11.3 Å². The van der Waals surface area contributed by atoms with E-state index in [2.05, 4.69) is 15.6 Å². The number of carbonyl (C=O) groups is 3. The summed E-state index contributed by atoms with van der Waals surface area (Å²) in [6.45, 7) is 10.9. The molecule has 2 heterocycles. The summed E-state index contributed by atoms with van der Waals surface area (Å²) < 4.78 is 11.4. The molecule has 0 spiro atoms. The van der Waals surface area contributed by atoms with Gasteiger partial charge in [-0.05, 0) is 68.4 Å². The van der Waals surface area contributed by atoms with Crippen molar-refractivity contribution in [3.63, 3.8) is 0 Å². The molecule has 1 aromatic heterocycles. The van der Waals surface area contributed by atoms with Crippen LogP contribution in [0, 0.1) is 12.3 Å². The molecule has 1 aliphatic heterocycles. The number of halogens is 1. The number of amides is 3. The number of likely N-dealkylation sites (tertiary alicyclic amines) is 1. The number of hydrogen-bond acceptors (Lipinski definition) is 8. The Labute approximate surface area is 308 Å². The van der Waals surface area contributed by atoms with E-state index >= 15 is 0 Å². The molecule has 3 amide bonds. The Morgan fingerprint density at radius 2 is 1.56 bits per heavy atom. The van der Waals surface area contributed by atoms with Crippen LogP contribution in [-0.2, 0) is 30.4 Å². The average molecular weight is 735 g/mol. The van der Waals surface area contributed by atoms with Crippen LogP contribution in [-0.4, -0.2) is 89.8 Å². The number of benzene rings is 1. The van der Waals surface area contributed by atoms with Gasteiger partial charge in [-0.3, -0.25) is 14.4 Å². The fraction of sp³-hybridized carbons (Fsp3) is 0.684. The zero-order valence-electron chi connectivity index (χ0n) is 30.5. The van der Waals surface area contributed by atoms with E-state index in [9.17, 15) is 19.5 Å². The molecule has 3 unspecified atom stereocenters. The van der Waals surface area contributed by atoms with Crippen LogP contribution in [0.15, 0.2) is 29.8 Å². The molecule has 3 N–H and O–H groups in total. The van der Waals surface area contributed by atoms with Gasteiger partial charge in [-0.15, -0.1) is 22.9 Å². The predicted octanol–water partition coefficient (Wildman–Crippen LogP) is 6.40. The quantitative estimate of drug-likeness (QED) is 0.0890. The SMILES string of the molecule is Cc1ncsc1-c1ccc(CNC(=O)C2CC(O)CN2C(=O)C(NC(=O)CCCCOCCCCCOCCCCCCCl)C(C)(C)C)cc1. The summed E-state index contributed by atoms with van der Waals surface area (Å²) in [5, 5.41) is 16.4. The monoisotopic (exact) mass is 734 g/mol. The first-order chi connectivity index (χ1) is 24.0. The minimum Gasteiger partial charge on any atom is -0.391 e. The second kappa shape index (κ2) is 22.4. The van der Waals surface area contributed by atoms with E-state index in [4.69, 9.17) is 21.1 Å². The van der Waals surface area contributed by atoms with Crippen molar-refractivity contribution >= 4 is 40.7 Å². The predicted molar refractivity (Wildman–Crippen MR) is 200 cm³/mol. The summed E-state index contributed by atoms with van der Waals surface area (Å²) >= 11 is 7.28. The standard InChI is InChI=1S/C38H59ClN4O6S/c1-28-34(50-27-41-28)30-17-15-29(16-18-30)25-40-36(46)32-24-31(44)26-43(32)37(47)35(38(2,3)4)42-33(45)14-8-13-23-49-22-12-7-11-21-48-20-10-6-5-9-19-39/h15-18,27,31-32,35,44H,5-14,19-26H2,1-4H3,(H,40,46)(H,42,45). The van der Waals surface area contributed by atoms with Gasteiger partial charge in [0.2, 0.25) is 17.7 Å². The van der Waals surface area contributed by atoms with Crippen LogP contribution in [0.2, 0.25) is 0 Å². The molecule has 2 aromatic rings. The van der Waals surface area contributed by atoms with Gasteiger partial charge < -0.3 is 30.1 Å². The van der Waals surface area contributed by atoms with Gasteiger partial charge in [0.15, 0.2) is 0 Å². The summed E-state index contributed by atoms with van der Waals surface area (Å²) in [5.41, 5.74) is 4.20. The number of nitrogens with one attached hydrogen (secondary N) is 2. The van der Waals surface area contributed by atoms with Crippen molar-refractivity contribution in [1.82, 2.24) is 20.5 Å². The van der Waals surface area contributed by atoms with Crippen LogP contribution in [0.5, 0.6) is 0 Å². The van der Waals surface area contributed by atoms with Crippen molar-refractivity contribution in [2.24, 2.45) is 5.41 Å². The Morgan fingerprint density at radius 1 is 0.960 bits per heavy atom. The zero-order chi connectivity index (χ0) is 36.4. The molecule has 0 radical (unpaired) electrons. The number of unbranched alkanes of at least 4 members (excludes halogenated alkanes) is 6. The molecule has 0 saturated carbocycles. The van der Waals surface area contributed by atoms with Gasteiger partial charge in [-0.2, -0.15) is 0 Å². The number of carbonyl (C=O) groups excluding carboxylic acids is 3. The van der Waals surface area contributed by atoms with E-state index < -0.39 is 23.6 Å². The van der Waals surface area contributed by atoms with Crippen LogP contribution >= 0.6 is 22.9 Å². The first-order valence-corrected chi connectivity index (χ1v) is 19.7. The second-order valence-corrected chi connectivity index (χ2v) is 15.5. The highest BCUT2D eigenvalue weighted by atomic mass is 35.5. The van der Waals surface area contributed by atoms with Gasteiger partial charge in [0.05, 0.1) is 22.2 Å². The molecule has 1 aliphatic rings. The van der Waals surface area contributed by atoms with Gasteiger partial charge in [-0.1, -0.05) is 57.9 Å². The van der Waals surface area contributed by atoms with Crippen molar-refractivity contribution in [2.45, 2.75) is 123 Å². The number of nitrogens with zero attached hydrogens (tertiary/aromatic N) is 2. The van der Waals surface area contributed by atoms with Crippen molar-refractivity contribution in [2.75, 3.05) is 38.9 Å². The smallest absolute Gasteiger partial charge is 0.246 e. The van der Waals surface area contributed by atoms with Crippen LogP contribution in [0.25, 0.3) is 10.4 Å². The van der Waals surface area contributed by atoms with Crippen molar-refractivity contribution in [3.05, 3.63) is 41.0 Å². The van der Waals surface area contributed by atoms with Crippen LogP contribution in [0.3, 0.4) is 0 Å². The number of aromatic nitrogens is 1. The Balaban J connectivity index is 1.36. The van der Waals surface area contributed by atoms with Gasteiger partial charge in [0, 0.05) is 58.2 Å². The van der Waals surface area contributed by atoms with E-state index in [0.717, 1.165) is 79.3 Å². The van der Waals surface area contributed by atoms with Crippen molar-refractivity contribution in [3.8, 4) is 10.4 Å². The summed E-state index contributed by atoms with van der Waals surface area (Å²) in [5.74, 6) is -0.158. The van der Waals surface area contributed by atoms with E-state index in [1.165, 1.54) is 17.7 Å². The highest BCUT2D eigenvalue weighted by molar-refractivity contribution is 7.13. The third-order valence-corrected chi connectivity index (χ3v) is 10.1. The molecule has 1 saturated heterocycles. The Hall–Kier alpha value is -2.57. The Morgan fingerprint density at radius 3 is 2.14 bits per heavy atom. The highest BCUT2D eigenvalue weighted by Gasteiger charge is 2.44. The molecular formula is C38H59ClN4O6S. The number of aliphatic hydroxyl groups excluding tert-OH is 1. The number of thiazole rings is 1. The maximum Gasteiger partial charge on any atom is 0.246 e. The molecule has 1 aromatic carbocycles. The van der Waals surface area contributed by atoms with Gasteiger partial charge in [0.25, 0.3) is 0 Å². The van der Waals surface area contributed by atoms with Crippen molar-refractivity contribution in [1.29, 1.82) is 0 Å². The summed E-state index contributed by atoms with van der Waals surface area (Å²) in [6, 6.07) is 6.29. The molecule has 1 fully saturated rings. The average Bonchev–Trinajstić information content (AvgIpc) is 3.70. The summed E-state index contributed by atoms with van der Waals surface area (Å²) in [4.78, 5) is 47.0. The summed E-state index contributed by atoms with van der Waals surface area (Å²) in [7, 11) is 0. The molecule has 0 aliphatic carbocycles.